The van der Waals surface area contributed by atoms with E-state index in [0.29, 0.717) is 13.1 Å². The average Bonchev–Trinajstić information content (AvgIpc) is 3.40. The van der Waals surface area contributed by atoms with Crippen molar-refractivity contribution in [3.63, 3.8) is 0 Å². The van der Waals surface area contributed by atoms with Crippen LogP contribution in [0.4, 0.5) is 16.2 Å². The van der Waals surface area contributed by atoms with Crippen LogP contribution >= 0.6 is 0 Å². The number of ether oxygens (including phenoxy) is 2. The number of likely N-dealkylation sites (tertiary alicyclic amines) is 1. The lowest BCUT2D eigenvalue weighted by Crippen LogP contribution is -2.61. The van der Waals surface area contributed by atoms with Crippen molar-refractivity contribution in [2.75, 3.05) is 24.8 Å². The number of hydrogen-bond acceptors (Lipinski definition) is 4. The summed E-state index contributed by atoms with van der Waals surface area (Å²) in [5, 5.41) is 0. The number of benzene rings is 3. The third kappa shape index (κ3) is 3.64. The lowest BCUT2D eigenvalue weighted by atomic mass is 9.76. The smallest absolute Gasteiger partial charge is 0.329 e. The SMILES string of the molecule is O=C1C2CCCN(C(=O)N(c3ccccc3)c3ccccc3)C2CC2c3cc4c(cc3CCN12)OCO4. The van der Waals surface area contributed by atoms with Gasteiger partial charge in [0.15, 0.2) is 11.5 Å². The van der Waals surface area contributed by atoms with Crippen LogP contribution in [0.15, 0.2) is 72.8 Å². The third-order valence-electron chi connectivity index (χ3n) is 8.30. The molecule has 3 aromatic carbocycles. The maximum absolute atomic E-state index is 14.3. The number of urea groups is 1. The molecule has 0 bridgehead atoms. The maximum atomic E-state index is 14.3. The van der Waals surface area contributed by atoms with E-state index < -0.39 is 0 Å². The molecule has 2 fully saturated rings. The molecule has 0 aromatic heterocycles. The van der Waals surface area contributed by atoms with Crippen molar-refractivity contribution in [3.05, 3.63) is 83.9 Å². The van der Waals surface area contributed by atoms with Crippen molar-refractivity contribution in [2.45, 2.75) is 37.8 Å². The van der Waals surface area contributed by atoms with Gasteiger partial charge in [-0.3, -0.25) is 9.69 Å². The molecule has 37 heavy (non-hydrogen) atoms. The van der Waals surface area contributed by atoms with Crippen molar-refractivity contribution >= 4 is 23.3 Å². The summed E-state index contributed by atoms with van der Waals surface area (Å²) < 4.78 is 11.3. The van der Waals surface area contributed by atoms with Crippen molar-refractivity contribution in [1.82, 2.24) is 9.80 Å². The van der Waals surface area contributed by atoms with Gasteiger partial charge in [0.1, 0.15) is 0 Å². The van der Waals surface area contributed by atoms with Crippen LogP contribution in [-0.2, 0) is 11.2 Å². The molecule has 3 unspecified atom stereocenters. The Morgan fingerprint density at radius 3 is 2.27 bits per heavy atom. The highest BCUT2D eigenvalue weighted by molar-refractivity contribution is 6.00. The van der Waals surface area contributed by atoms with Gasteiger partial charge in [0, 0.05) is 19.1 Å². The molecule has 0 radical (unpaired) electrons. The molecule has 4 aliphatic rings. The lowest BCUT2D eigenvalue weighted by Gasteiger charge is -2.52. The van der Waals surface area contributed by atoms with Gasteiger partial charge in [-0.2, -0.15) is 0 Å². The van der Waals surface area contributed by atoms with Crippen LogP contribution in [-0.4, -0.2) is 47.7 Å². The fourth-order valence-electron chi connectivity index (χ4n) is 6.58. The van der Waals surface area contributed by atoms with E-state index in [4.69, 9.17) is 9.47 Å². The minimum Gasteiger partial charge on any atom is -0.454 e. The van der Waals surface area contributed by atoms with E-state index in [9.17, 15) is 9.59 Å². The van der Waals surface area contributed by atoms with Gasteiger partial charge in [-0.1, -0.05) is 36.4 Å². The molecule has 7 heteroatoms. The zero-order valence-electron chi connectivity index (χ0n) is 20.6. The molecule has 0 spiro atoms. The minimum absolute atomic E-state index is 0.0673. The zero-order valence-corrected chi connectivity index (χ0v) is 20.6. The Kier molecular flexibility index (Phi) is 5.30. The number of anilines is 2. The molecule has 3 amide bonds. The molecule has 3 aromatic rings. The number of carbonyl (C=O) groups excluding carboxylic acids is 2. The van der Waals surface area contributed by atoms with E-state index in [0.717, 1.165) is 54.1 Å². The van der Waals surface area contributed by atoms with Crippen LogP contribution in [0.2, 0.25) is 0 Å². The van der Waals surface area contributed by atoms with Gasteiger partial charge in [0.05, 0.1) is 23.3 Å². The summed E-state index contributed by atoms with van der Waals surface area (Å²) in [5.74, 6) is 1.53. The Balaban J connectivity index is 1.25. The van der Waals surface area contributed by atoms with Crippen molar-refractivity contribution in [3.8, 4) is 11.5 Å². The largest absolute Gasteiger partial charge is 0.454 e. The summed E-state index contributed by atoms with van der Waals surface area (Å²) in [6, 6.07) is 23.4. The Morgan fingerprint density at radius 1 is 0.892 bits per heavy atom. The van der Waals surface area contributed by atoms with Crippen LogP contribution in [0.3, 0.4) is 0 Å². The summed E-state index contributed by atoms with van der Waals surface area (Å²) in [6.45, 7) is 1.57. The molecular formula is C30H29N3O4. The number of para-hydroxylation sites is 2. The van der Waals surface area contributed by atoms with Crippen LogP contribution in [0.25, 0.3) is 0 Å². The zero-order chi connectivity index (χ0) is 24.9. The van der Waals surface area contributed by atoms with Crippen molar-refractivity contribution in [1.29, 1.82) is 0 Å². The second-order valence-electron chi connectivity index (χ2n) is 10.2. The first kappa shape index (κ1) is 22.2. The fourth-order valence-corrected chi connectivity index (χ4v) is 6.58. The van der Waals surface area contributed by atoms with E-state index in [-0.39, 0.29) is 36.7 Å². The number of piperidine rings is 2. The van der Waals surface area contributed by atoms with Gasteiger partial charge in [-0.25, -0.2) is 4.79 Å². The molecular weight excluding hydrogens is 466 g/mol. The molecule has 4 aliphatic heterocycles. The first-order chi connectivity index (χ1) is 18.2. The second kappa shape index (κ2) is 8.83. The maximum Gasteiger partial charge on any atom is 0.329 e. The topological polar surface area (TPSA) is 62.3 Å². The molecule has 4 heterocycles. The van der Waals surface area contributed by atoms with Crippen molar-refractivity contribution in [2.24, 2.45) is 5.92 Å². The Bertz CT molecular complexity index is 1310. The monoisotopic (exact) mass is 495 g/mol. The highest BCUT2D eigenvalue weighted by atomic mass is 16.7. The molecule has 188 valence electrons. The van der Waals surface area contributed by atoms with Crippen LogP contribution < -0.4 is 14.4 Å². The molecule has 2 saturated heterocycles. The summed E-state index contributed by atoms with van der Waals surface area (Å²) in [5.41, 5.74) is 3.98. The fraction of sp³-hybridized carbons (Fsp3) is 0.333. The Labute approximate surface area is 216 Å². The number of amides is 3. The summed E-state index contributed by atoms with van der Waals surface area (Å²) >= 11 is 0. The molecule has 0 aliphatic carbocycles. The van der Waals surface area contributed by atoms with Gasteiger partial charge >= 0.3 is 6.03 Å². The van der Waals surface area contributed by atoms with Gasteiger partial charge < -0.3 is 19.3 Å². The predicted octanol–water partition coefficient (Wildman–Crippen LogP) is 5.28. The van der Waals surface area contributed by atoms with E-state index in [2.05, 4.69) is 12.1 Å². The number of hydrogen-bond donors (Lipinski definition) is 0. The summed E-state index contributed by atoms with van der Waals surface area (Å²) in [7, 11) is 0. The van der Waals surface area contributed by atoms with E-state index in [1.54, 1.807) is 4.90 Å². The Morgan fingerprint density at radius 2 is 1.57 bits per heavy atom. The highest BCUT2D eigenvalue weighted by Crippen LogP contribution is 2.47. The quantitative estimate of drug-likeness (QED) is 0.485. The third-order valence-corrected chi connectivity index (χ3v) is 8.30. The summed E-state index contributed by atoms with van der Waals surface area (Å²) in [6.07, 6.45) is 3.18. The number of carbonyl (C=O) groups is 2. The van der Waals surface area contributed by atoms with Crippen LogP contribution in [0.1, 0.15) is 36.4 Å². The van der Waals surface area contributed by atoms with Crippen LogP contribution in [0.5, 0.6) is 11.5 Å². The predicted molar refractivity (Wildman–Crippen MR) is 139 cm³/mol. The van der Waals surface area contributed by atoms with Crippen molar-refractivity contribution < 1.29 is 19.1 Å². The molecule has 7 nitrogen and oxygen atoms in total. The van der Waals surface area contributed by atoms with Gasteiger partial charge in [-0.15, -0.1) is 0 Å². The van der Waals surface area contributed by atoms with E-state index in [1.165, 1.54) is 5.56 Å². The van der Waals surface area contributed by atoms with E-state index in [1.807, 2.05) is 70.5 Å². The number of nitrogens with zero attached hydrogens (tertiary/aromatic N) is 3. The molecule has 3 atom stereocenters. The Hall–Kier alpha value is -4.00. The lowest BCUT2D eigenvalue weighted by molar-refractivity contribution is -0.148. The molecule has 0 saturated carbocycles. The van der Waals surface area contributed by atoms with Crippen LogP contribution in [0, 0.1) is 5.92 Å². The molecule has 7 rings (SSSR count). The summed E-state index contributed by atoms with van der Waals surface area (Å²) in [4.78, 5) is 33.9. The normalized spacial score (nSPS) is 23.7. The average molecular weight is 496 g/mol. The second-order valence-corrected chi connectivity index (χ2v) is 10.2. The van der Waals surface area contributed by atoms with Gasteiger partial charge in [-0.05, 0) is 73.2 Å². The van der Waals surface area contributed by atoms with Gasteiger partial charge in [0.25, 0.3) is 0 Å². The number of rotatable bonds is 2. The first-order valence-electron chi connectivity index (χ1n) is 13.1. The standard InChI is InChI=1S/C30H29N3O4/c34-29-23-12-7-14-32(30(35)33(21-8-3-1-4-9-21)22-10-5-2-6-11-22)25(23)18-26-24-17-28-27(36-19-37-28)16-20(24)13-15-31(26)29/h1-6,8-11,16-17,23,25-26H,7,12-15,18-19H2. The molecule has 0 N–H and O–H groups in total. The highest BCUT2D eigenvalue weighted by Gasteiger charge is 2.49. The van der Waals surface area contributed by atoms with E-state index >= 15 is 0 Å². The number of fused-ring (bicyclic) bond motifs is 5. The first-order valence-corrected chi connectivity index (χ1v) is 13.1. The van der Waals surface area contributed by atoms with Gasteiger partial charge in [0.2, 0.25) is 12.7 Å². The minimum atomic E-state index is -0.169.